The van der Waals surface area contributed by atoms with Gasteiger partial charge in [0.05, 0.1) is 7.11 Å². The highest BCUT2D eigenvalue weighted by Crippen LogP contribution is 2.23. The first-order valence-corrected chi connectivity index (χ1v) is 8.39. The molecule has 2 aromatic rings. The number of carbonyl (C=O) groups excluding carboxylic acids is 2. The number of aryl methyl sites for hydroxylation is 1. The van der Waals surface area contributed by atoms with Crippen molar-refractivity contribution in [3.63, 3.8) is 0 Å². The van der Waals surface area contributed by atoms with Crippen LogP contribution in [0.15, 0.2) is 30.5 Å². The molecule has 1 N–H and O–H groups in total. The number of hydrogen-bond donors (Lipinski definition) is 1. The Morgan fingerprint density at radius 2 is 1.92 bits per heavy atom. The number of para-hydroxylation sites is 1. The lowest BCUT2D eigenvalue weighted by molar-refractivity contribution is -0.143. The maximum Gasteiger partial charge on any atom is 0.408 e. The number of amides is 1. The van der Waals surface area contributed by atoms with Crippen LogP contribution in [0.1, 0.15) is 33.3 Å². The number of benzene rings is 1. The Morgan fingerprint density at radius 3 is 2.52 bits per heavy atom. The van der Waals surface area contributed by atoms with Gasteiger partial charge in [0.2, 0.25) is 0 Å². The fourth-order valence-corrected chi connectivity index (χ4v) is 2.75. The van der Waals surface area contributed by atoms with Gasteiger partial charge in [-0.25, -0.2) is 9.59 Å². The Hall–Kier alpha value is -2.50. The number of nitrogens with one attached hydrogen (secondary N) is 1. The van der Waals surface area contributed by atoms with E-state index in [1.54, 1.807) is 20.8 Å². The third-order valence-corrected chi connectivity index (χ3v) is 3.81. The number of rotatable bonds is 5. The van der Waals surface area contributed by atoms with Crippen molar-refractivity contribution in [3.05, 3.63) is 36.0 Å². The predicted molar refractivity (Wildman–Crippen MR) is 96.5 cm³/mol. The smallest absolute Gasteiger partial charge is 0.408 e. The van der Waals surface area contributed by atoms with Crippen LogP contribution >= 0.6 is 0 Å². The van der Waals surface area contributed by atoms with E-state index in [4.69, 9.17) is 9.47 Å². The van der Waals surface area contributed by atoms with Crippen LogP contribution in [0.2, 0.25) is 0 Å². The highest BCUT2D eigenvalue weighted by molar-refractivity contribution is 5.86. The molecule has 1 aromatic carbocycles. The van der Waals surface area contributed by atoms with Crippen LogP contribution in [0.4, 0.5) is 4.79 Å². The molecule has 25 heavy (non-hydrogen) atoms. The molecule has 0 bridgehead atoms. The van der Waals surface area contributed by atoms with Gasteiger partial charge in [0.15, 0.2) is 0 Å². The third-order valence-electron chi connectivity index (χ3n) is 3.81. The normalized spacial score (nSPS) is 12.7. The van der Waals surface area contributed by atoms with Crippen molar-refractivity contribution in [3.8, 4) is 0 Å². The quantitative estimate of drug-likeness (QED) is 0.844. The second-order valence-electron chi connectivity index (χ2n) is 6.88. The van der Waals surface area contributed by atoms with Gasteiger partial charge in [-0.3, -0.25) is 0 Å². The predicted octanol–water partition coefficient (Wildman–Crippen LogP) is 3.27. The zero-order valence-corrected chi connectivity index (χ0v) is 15.5. The molecule has 0 fully saturated rings. The molecule has 1 amide bonds. The topological polar surface area (TPSA) is 69.6 Å². The number of carbonyl (C=O) groups is 2. The minimum atomic E-state index is -0.809. The summed E-state index contributed by atoms with van der Waals surface area (Å²) in [6.07, 6.45) is 1.71. The molecule has 6 heteroatoms. The Labute approximate surface area is 148 Å². The molecule has 1 atom stereocenters. The molecule has 1 heterocycles. The maximum absolute atomic E-state index is 12.1. The van der Waals surface area contributed by atoms with Crippen molar-refractivity contribution in [1.29, 1.82) is 0 Å². The molecule has 6 nitrogen and oxygen atoms in total. The SMILES string of the molecule is CCn1cc(CC(NC(=O)OC(C)(C)C)C(=O)OC)c2ccccc21. The number of nitrogens with zero attached hydrogens (tertiary/aromatic N) is 1. The van der Waals surface area contributed by atoms with Crippen molar-refractivity contribution < 1.29 is 19.1 Å². The van der Waals surface area contributed by atoms with Crippen LogP contribution in [-0.2, 0) is 27.2 Å². The molecular weight excluding hydrogens is 320 g/mol. The summed E-state index contributed by atoms with van der Waals surface area (Å²) >= 11 is 0. The van der Waals surface area contributed by atoms with Crippen molar-refractivity contribution in [2.24, 2.45) is 0 Å². The number of ether oxygens (including phenoxy) is 2. The first-order valence-electron chi connectivity index (χ1n) is 8.39. The number of aromatic nitrogens is 1. The van der Waals surface area contributed by atoms with Crippen LogP contribution in [-0.4, -0.2) is 35.4 Å². The first kappa shape index (κ1) is 18.8. The zero-order chi connectivity index (χ0) is 18.6. The average Bonchev–Trinajstić information content (AvgIpc) is 2.90. The standard InChI is InChI=1S/C19H26N2O4/c1-6-21-12-13(14-9-7-8-10-16(14)21)11-15(17(22)24-5)20-18(23)25-19(2,3)4/h7-10,12,15H,6,11H2,1-5H3,(H,20,23). The second-order valence-corrected chi connectivity index (χ2v) is 6.88. The van der Waals surface area contributed by atoms with Gasteiger partial charge < -0.3 is 19.4 Å². The van der Waals surface area contributed by atoms with Gasteiger partial charge in [0.1, 0.15) is 11.6 Å². The van der Waals surface area contributed by atoms with E-state index in [0.717, 1.165) is 23.0 Å². The summed E-state index contributed by atoms with van der Waals surface area (Å²) in [7, 11) is 1.31. The van der Waals surface area contributed by atoms with Gasteiger partial charge in [-0.05, 0) is 39.3 Å². The van der Waals surface area contributed by atoms with Crippen LogP contribution in [0.3, 0.4) is 0 Å². The van der Waals surface area contributed by atoms with E-state index in [0.29, 0.717) is 6.42 Å². The van der Waals surface area contributed by atoms with Crippen molar-refractivity contribution in [2.75, 3.05) is 7.11 Å². The Balaban J connectivity index is 2.26. The largest absolute Gasteiger partial charge is 0.467 e. The van der Waals surface area contributed by atoms with E-state index in [-0.39, 0.29) is 0 Å². The van der Waals surface area contributed by atoms with E-state index in [2.05, 4.69) is 16.8 Å². The van der Waals surface area contributed by atoms with E-state index in [1.807, 2.05) is 30.5 Å². The molecule has 1 unspecified atom stereocenters. The van der Waals surface area contributed by atoms with Gasteiger partial charge >= 0.3 is 12.1 Å². The van der Waals surface area contributed by atoms with Crippen molar-refractivity contribution in [2.45, 2.75) is 52.3 Å². The molecule has 0 aliphatic heterocycles. The molecule has 0 spiro atoms. The molecule has 136 valence electrons. The van der Waals surface area contributed by atoms with Gasteiger partial charge in [0.25, 0.3) is 0 Å². The summed E-state index contributed by atoms with van der Waals surface area (Å²) in [6, 6.07) is 7.18. The third kappa shape index (κ3) is 4.75. The minimum absolute atomic E-state index is 0.333. The Morgan fingerprint density at radius 1 is 1.24 bits per heavy atom. The van der Waals surface area contributed by atoms with Gasteiger partial charge in [-0.15, -0.1) is 0 Å². The van der Waals surface area contributed by atoms with Gasteiger partial charge in [0, 0.05) is 30.1 Å². The average molecular weight is 346 g/mol. The molecule has 0 aliphatic rings. The molecule has 0 radical (unpaired) electrons. The van der Waals surface area contributed by atoms with E-state index in [9.17, 15) is 9.59 Å². The summed E-state index contributed by atoms with van der Waals surface area (Å²) in [5, 5.41) is 3.68. The summed E-state index contributed by atoms with van der Waals surface area (Å²) in [5.74, 6) is -0.501. The molecule has 1 aromatic heterocycles. The fraction of sp³-hybridized carbons (Fsp3) is 0.474. The van der Waals surface area contributed by atoms with Crippen LogP contribution < -0.4 is 5.32 Å². The molecular formula is C19H26N2O4. The Kier molecular flexibility index (Phi) is 5.72. The first-order chi connectivity index (χ1) is 11.7. The summed E-state index contributed by atoms with van der Waals surface area (Å²) in [5.41, 5.74) is 1.44. The minimum Gasteiger partial charge on any atom is -0.467 e. The number of hydrogen-bond acceptors (Lipinski definition) is 4. The van der Waals surface area contributed by atoms with Gasteiger partial charge in [-0.1, -0.05) is 18.2 Å². The van der Waals surface area contributed by atoms with Crippen LogP contribution in [0, 0.1) is 0 Å². The van der Waals surface area contributed by atoms with E-state index < -0.39 is 23.7 Å². The maximum atomic E-state index is 12.1. The number of esters is 1. The number of fused-ring (bicyclic) bond motifs is 1. The second kappa shape index (κ2) is 7.59. The summed E-state index contributed by atoms with van der Waals surface area (Å²) in [6.45, 7) is 8.20. The fourth-order valence-electron chi connectivity index (χ4n) is 2.75. The summed E-state index contributed by atoms with van der Waals surface area (Å²) in [4.78, 5) is 24.2. The van der Waals surface area contributed by atoms with Crippen molar-refractivity contribution in [1.82, 2.24) is 9.88 Å². The lowest BCUT2D eigenvalue weighted by Gasteiger charge is -2.22. The highest BCUT2D eigenvalue weighted by Gasteiger charge is 2.26. The van der Waals surface area contributed by atoms with E-state index >= 15 is 0 Å². The zero-order valence-electron chi connectivity index (χ0n) is 15.5. The number of alkyl carbamates (subject to hydrolysis) is 1. The van der Waals surface area contributed by atoms with Crippen molar-refractivity contribution >= 4 is 23.0 Å². The number of methoxy groups -OCH3 is 1. The van der Waals surface area contributed by atoms with E-state index in [1.165, 1.54) is 7.11 Å². The molecule has 0 saturated heterocycles. The lowest BCUT2D eigenvalue weighted by Crippen LogP contribution is -2.45. The highest BCUT2D eigenvalue weighted by atomic mass is 16.6. The monoisotopic (exact) mass is 346 g/mol. The molecule has 2 rings (SSSR count). The molecule has 0 saturated carbocycles. The van der Waals surface area contributed by atoms with Gasteiger partial charge in [-0.2, -0.15) is 0 Å². The Bertz CT molecular complexity index is 758. The van der Waals surface area contributed by atoms with Crippen LogP contribution in [0.25, 0.3) is 10.9 Å². The van der Waals surface area contributed by atoms with Crippen LogP contribution in [0.5, 0.6) is 0 Å². The lowest BCUT2D eigenvalue weighted by atomic mass is 10.1. The summed E-state index contributed by atoms with van der Waals surface area (Å²) < 4.78 is 12.2. The molecule has 0 aliphatic carbocycles.